The van der Waals surface area contributed by atoms with Gasteiger partial charge in [-0.2, -0.15) is 0 Å². The molecule has 0 unspecified atom stereocenters. The highest BCUT2D eigenvalue weighted by Gasteiger charge is 2.28. The highest BCUT2D eigenvalue weighted by atomic mass is 16.5. The zero-order valence-corrected chi connectivity index (χ0v) is 15.7. The second-order valence-corrected chi connectivity index (χ2v) is 6.60. The molecule has 0 aromatic heterocycles. The van der Waals surface area contributed by atoms with Crippen molar-refractivity contribution in [2.45, 2.75) is 32.2 Å². The van der Waals surface area contributed by atoms with Crippen LogP contribution < -0.4 is 19.5 Å². The van der Waals surface area contributed by atoms with Crippen LogP contribution in [0.15, 0.2) is 18.2 Å². The van der Waals surface area contributed by atoms with E-state index in [1.807, 2.05) is 17.0 Å². The molecule has 1 fully saturated rings. The molecule has 0 saturated carbocycles. The predicted octanol–water partition coefficient (Wildman–Crippen LogP) is -0.588. The van der Waals surface area contributed by atoms with Crippen LogP contribution in [0, 0.1) is 0 Å². The number of rotatable bonds is 8. The minimum absolute atomic E-state index is 0.0315. The lowest BCUT2D eigenvalue weighted by molar-refractivity contribution is -0.933. The average Bonchev–Trinajstić information content (AvgIpc) is 2.66. The van der Waals surface area contributed by atoms with E-state index < -0.39 is 5.97 Å². The average molecular weight is 364 g/mol. The van der Waals surface area contributed by atoms with Crippen LogP contribution in [-0.2, 0) is 9.59 Å². The Balaban J connectivity index is 1.89. The van der Waals surface area contributed by atoms with E-state index in [1.54, 1.807) is 14.2 Å². The van der Waals surface area contributed by atoms with Gasteiger partial charge < -0.3 is 29.2 Å². The van der Waals surface area contributed by atoms with Crippen molar-refractivity contribution in [2.75, 3.05) is 40.4 Å². The summed E-state index contributed by atoms with van der Waals surface area (Å²) in [5.74, 6) is 0.364. The van der Waals surface area contributed by atoms with E-state index in [-0.39, 0.29) is 24.8 Å². The van der Waals surface area contributed by atoms with E-state index in [0.717, 1.165) is 18.8 Å². The first-order valence-corrected chi connectivity index (χ1v) is 9.00. The zero-order chi connectivity index (χ0) is 19.1. The third-order valence-electron chi connectivity index (χ3n) is 5.05. The highest BCUT2D eigenvalue weighted by molar-refractivity contribution is 5.76. The summed E-state index contributed by atoms with van der Waals surface area (Å²) in [6, 6.07) is 6.26. The molecule has 0 spiro atoms. The second-order valence-electron chi connectivity index (χ2n) is 6.60. The number of piperazine rings is 1. The van der Waals surface area contributed by atoms with Crippen molar-refractivity contribution in [1.82, 2.24) is 4.90 Å². The van der Waals surface area contributed by atoms with Crippen LogP contribution in [0.4, 0.5) is 0 Å². The molecule has 1 heterocycles. The largest absolute Gasteiger partial charge is 0.550 e. The van der Waals surface area contributed by atoms with Crippen molar-refractivity contribution < 1.29 is 29.1 Å². The summed E-state index contributed by atoms with van der Waals surface area (Å²) >= 11 is 0. The van der Waals surface area contributed by atoms with Crippen molar-refractivity contribution in [3.63, 3.8) is 0 Å². The molecule has 1 N–H and O–H groups in total. The van der Waals surface area contributed by atoms with E-state index in [4.69, 9.17) is 9.47 Å². The monoisotopic (exact) mass is 364 g/mol. The van der Waals surface area contributed by atoms with Crippen molar-refractivity contribution in [3.8, 4) is 11.5 Å². The van der Waals surface area contributed by atoms with Crippen molar-refractivity contribution in [1.29, 1.82) is 0 Å². The van der Waals surface area contributed by atoms with Crippen LogP contribution in [0.25, 0.3) is 0 Å². The van der Waals surface area contributed by atoms with E-state index in [2.05, 4.69) is 13.0 Å². The van der Waals surface area contributed by atoms with Gasteiger partial charge in [0, 0.05) is 18.0 Å². The number of carboxylic acids is 1. The molecular formula is C19H28N2O5. The van der Waals surface area contributed by atoms with Gasteiger partial charge in [-0.3, -0.25) is 4.79 Å². The molecule has 0 aliphatic carbocycles. The fourth-order valence-electron chi connectivity index (χ4n) is 3.38. The zero-order valence-electron chi connectivity index (χ0n) is 15.7. The number of amides is 1. The Kier molecular flexibility index (Phi) is 7.26. The van der Waals surface area contributed by atoms with Gasteiger partial charge in [-0.1, -0.05) is 0 Å². The maximum atomic E-state index is 12.2. The summed E-state index contributed by atoms with van der Waals surface area (Å²) in [5.41, 5.74) is 1.17. The predicted molar refractivity (Wildman–Crippen MR) is 94.1 cm³/mol. The Morgan fingerprint density at radius 3 is 2.38 bits per heavy atom. The first kappa shape index (κ1) is 20.0. The van der Waals surface area contributed by atoms with Crippen molar-refractivity contribution >= 4 is 11.9 Å². The number of benzene rings is 1. The molecule has 1 aliphatic rings. The van der Waals surface area contributed by atoms with Crippen LogP contribution in [-0.4, -0.2) is 57.2 Å². The number of quaternary nitrogens is 1. The number of methoxy groups -OCH3 is 2. The lowest BCUT2D eigenvalue weighted by Crippen LogP contribution is -3.14. The number of carboxylic acid groups (broad SMARTS) is 1. The first-order chi connectivity index (χ1) is 12.5. The van der Waals surface area contributed by atoms with E-state index in [9.17, 15) is 14.7 Å². The Hall–Kier alpha value is -2.28. The van der Waals surface area contributed by atoms with E-state index in [0.29, 0.717) is 25.3 Å². The Labute approximate surface area is 154 Å². The van der Waals surface area contributed by atoms with Crippen LogP contribution in [0.1, 0.15) is 37.8 Å². The third-order valence-corrected chi connectivity index (χ3v) is 5.05. The molecule has 144 valence electrons. The van der Waals surface area contributed by atoms with Crippen molar-refractivity contribution in [3.05, 3.63) is 23.8 Å². The lowest BCUT2D eigenvalue weighted by atomic mass is 10.0. The SMILES string of the molecule is COc1ccc([C@H](C)[NH+]2CCN(C(=O)CCCC(=O)[O-])CC2)cc1OC. The number of carbonyl (C=O) groups is 2. The summed E-state index contributed by atoms with van der Waals surface area (Å²) in [6.07, 6.45) is 0.554. The molecule has 7 nitrogen and oxygen atoms in total. The molecule has 1 aromatic carbocycles. The molecule has 1 atom stereocenters. The molecule has 1 aliphatic heterocycles. The lowest BCUT2D eigenvalue weighted by Gasteiger charge is -2.35. The van der Waals surface area contributed by atoms with Gasteiger partial charge in [0.1, 0.15) is 6.04 Å². The smallest absolute Gasteiger partial charge is 0.222 e. The number of carbonyl (C=O) groups excluding carboxylic acids is 2. The number of nitrogens with one attached hydrogen (secondary N) is 1. The van der Waals surface area contributed by atoms with Crippen LogP contribution in [0.2, 0.25) is 0 Å². The number of hydrogen-bond donors (Lipinski definition) is 1. The second kappa shape index (κ2) is 9.43. The molecule has 2 rings (SSSR count). The number of aliphatic carboxylic acids is 1. The van der Waals surface area contributed by atoms with E-state index >= 15 is 0 Å². The maximum Gasteiger partial charge on any atom is 0.222 e. The summed E-state index contributed by atoms with van der Waals surface area (Å²) in [4.78, 5) is 25.8. The standard InChI is InChI=1S/C19H28N2O5/c1-14(15-7-8-16(25-2)17(13-15)26-3)20-9-11-21(12-10-20)18(22)5-4-6-19(23)24/h7-8,13-14H,4-6,9-12H2,1-3H3,(H,23,24)/t14-/m0/s1. The summed E-state index contributed by atoms with van der Waals surface area (Å²) in [7, 11) is 3.25. The number of ether oxygens (including phenoxy) is 2. The normalized spacial score (nSPS) is 16.2. The van der Waals surface area contributed by atoms with Gasteiger partial charge in [-0.05, 0) is 38.0 Å². The molecule has 26 heavy (non-hydrogen) atoms. The van der Waals surface area contributed by atoms with Gasteiger partial charge in [-0.15, -0.1) is 0 Å². The van der Waals surface area contributed by atoms with Gasteiger partial charge in [0.15, 0.2) is 11.5 Å². The van der Waals surface area contributed by atoms with Crippen molar-refractivity contribution in [2.24, 2.45) is 0 Å². The molecule has 7 heteroatoms. The fraction of sp³-hybridized carbons (Fsp3) is 0.579. The third kappa shape index (κ3) is 5.11. The molecule has 1 amide bonds. The van der Waals surface area contributed by atoms with E-state index in [1.165, 1.54) is 10.5 Å². The molecular weight excluding hydrogens is 336 g/mol. The number of hydrogen-bond acceptors (Lipinski definition) is 5. The molecule has 0 radical (unpaired) electrons. The van der Waals surface area contributed by atoms with Gasteiger partial charge >= 0.3 is 0 Å². The molecule has 1 saturated heterocycles. The van der Waals surface area contributed by atoms with Crippen LogP contribution in [0.3, 0.4) is 0 Å². The first-order valence-electron chi connectivity index (χ1n) is 9.00. The Morgan fingerprint density at radius 2 is 1.81 bits per heavy atom. The Bertz CT molecular complexity index is 626. The van der Waals surface area contributed by atoms with Crippen LogP contribution >= 0.6 is 0 Å². The quantitative estimate of drug-likeness (QED) is 0.667. The highest BCUT2D eigenvalue weighted by Crippen LogP contribution is 2.29. The van der Waals surface area contributed by atoms with Gasteiger partial charge in [0.25, 0.3) is 0 Å². The number of nitrogens with zero attached hydrogens (tertiary/aromatic N) is 1. The molecule has 1 aromatic rings. The summed E-state index contributed by atoms with van der Waals surface area (Å²) in [6.45, 7) is 5.28. The summed E-state index contributed by atoms with van der Waals surface area (Å²) < 4.78 is 10.7. The molecule has 0 bridgehead atoms. The van der Waals surface area contributed by atoms with Crippen LogP contribution in [0.5, 0.6) is 11.5 Å². The van der Waals surface area contributed by atoms with Gasteiger partial charge in [-0.25, -0.2) is 0 Å². The minimum Gasteiger partial charge on any atom is -0.550 e. The topological polar surface area (TPSA) is 83.3 Å². The maximum absolute atomic E-state index is 12.2. The van der Waals surface area contributed by atoms with Gasteiger partial charge in [0.2, 0.25) is 5.91 Å². The van der Waals surface area contributed by atoms with Gasteiger partial charge in [0.05, 0.1) is 40.4 Å². The minimum atomic E-state index is -1.10. The Morgan fingerprint density at radius 1 is 1.15 bits per heavy atom. The fourth-order valence-corrected chi connectivity index (χ4v) is 3.38. The summed E-state index contributed by atoms with van der Waals surface area (Å²) in [5, 5.41) is 10.4.